The Bertz CT molecular complexity index is 442. The molecule has 0 bridgehead atoms. The van der Waals surface area contributed by atoms with Crippen LogP contribution in [0.25, 0.3) is 0 Å². The molecule has 1 aromatic heterocycles. The predicted molar refractivity (Wildman–Crippen MR) is 66.7 cm³/mol. The smallest absolute Gasteiger partial charge is 0.251 e. The van der Waals surface area contributed by atoms with Crippen molar-refractivity contribution < 1.29 is 14.3 Å². The maximum atomic E-state index is 11.7. The van der Waals surface area contributed by atoms with E-state index in [0.717, 1.165) is 0 Å². The predicted octanol–water partition coefficient (Wildman–Crippen LogP) is -0.222. The van der Waals surface area contributed by atoms with Crippen molar-refractivity contribution in [3.8, 4) is 0 Å². The molecule has 0 fully saturated rings. The molecule has 18 heavy (non-hydrogen) atoms. The molecule has 0 saturated carbocycles. The van der Waals surface area contributed by atoms with Gasteiger partial charge in [0.15, 0.2) is 0 Å². The van der Waals surface area contributed by atoms with Gasteiger partial charge < -0.3 is 19.4 Å². The number of methoxy groups -OCH3 is 1. The van der Waals surface area contributed by atoms with E-state index >= 15 is 0 Å². The Kier molecular flexibility index (Phi) is 6.10. The number of carbonyl (C=O) groups is 1. The molecule has 0 atom stereocenters. The van der Waals surface area contributed by atoms with Crippen molar-refractivity contribution in [1.29, 1.82) is 0 Å². The first-order chi connectivity index (χ1) is 8.65. The molecule has 0 unspecified atom stereocenters. The van der Waals surface area contributed by atoms with Crippen molar-refractivity contribution in [1.82, 2.24) is 9.88 Å². The van der Waals surface area contributed by atoms with Crippen molar-refractivity contribution in [2.24, 2.45) is 7.05 Å². The highest BCUT2D eigenvalue weighted by Crippen LogP contribution is 1.93. The molecule has 1 rings (SSSR count). The number of ether oxygens (including phenoxy) is 2. The molecule has 0 spiro atoms. The van der Waals surface area contributed by atoms with E-state index < -0.39 is 0 Å². The lowest BCUT2D eigenvalue weighted by Crippen LogP contribution is -2.29. The van der Waals surface area contributed by atoms with Gasteiger partial charge in [0.2, 0.25) is 0 Å². The number of aromatic nitrogens is 1. The van der Waals surface area contributed by atoms with Crippen LogP contribution in [0.1, 0.15) is 10.4 Å². The summed E-state index contributed by atoms with van der Waals surface area (Å²) in [6, 6.07) is 2.91. The number of nitrogens with one attached hydrogen (secondary N) is 1. The van der Waals surface area contributed by atoms with E-state index in [2.05, 4.69) is 5.32 Å². The summed E-state index contributed by atoms with van der Waals surface area (Å²) >= 11 is 0. The highest BCUT2D eigenvalue weighted by atomic mass is 16.5. The van der Waals surface area contributed by atoms with Crippen LogP contribution in [0.5, 0.6) is 0 Å². The van der Waals surface area contributed by atoms with E-state index in [4.69, 9.17) is 9.47 Å². The standard InChI is InChI=1S/C12H18N2O4/c1-14-5-3-10(9-11(14)15)12(16)13-4-6-18-8-7-17-2/h3,5,9H,4,6-8H2,1-2H3,(H,13,16). The van der Waals surface area contributed by atoms with Gasteiger partial charge >= 0.3 is 0 Å². The number of nitrogens with zero attached hydrogens (tertiary/aromatic N) is 1. The Morgan fingerprint density at radius 2 is 2.17 bits per heavy atom. The van der Waals surface area contributed by atoms with Crippen molar-refractivity contribution in [3.63, 3.8) is 0 Å². The Labute approximate surface area is 106 Å². The fraction of sp³-hybridized carbons (Fsp3) is 0.500. The second-order valence-electron chi connectivity index (χ2n) is 3.73. The Morgan fingerprint density at radius 3 is 2.83 bits per heavy atom. The molecule has 0 radical (unpaired) electrons. The summed E-state index contributed by atoms with van der Waals surface area (Å²) in [5, 5.41) is 2.67. The van der Waals surface area contributed by atoms with Crippen LogP contribution in [0, 0.1) is 0 Å². The fourth-order valence-corrected chi connectivity index (χ4v) is 1.27. The van der Waals surface area contributed by atoms with Crippen molar-refractivity contribution >= 4 is 5.91 Å². The highest BCUT2D eigenvalue weighted by Gasteiger charge is 2.05. The summed E-state index contributed by atoms with van der Waals surface area (Å²) in [5.74, 6) is -0.275. The van der Waals surface area contributed by atoms with Crippen LogP contribution in [-0.4, -0.2) is 43.9 Å². The third-order valence-electron chi connectivity index (χ3n) is 2.33. The molecule has 0 aromatic carbocycles. The molecule has 0 aliphatic carbocycles. The monoisotopic (exact) mass is 254 g/mol. The summed E-state index contributed by atoms with van der Waals surface area (Å²) in [4.78, 5) is 23.0. The van der Waals surface area contributed by atoms with E-state index in [-0.39, 0.29) is 11.5 Å². The molecule has 6 nitrogen and oxygen atoms in total. The van der Waals surface area contributed by atoms with E-state index in [1.165, 1.54) is 10.6 Å². The van der Waals surface area contributed by atoms with E-state index in [9.17, 15) is 9.59 Å². The summed E-state index contributed by atoms with van der Waals surface area (Å²) < 4.78 is 11.4. The Balaban J connectivity index is 2.32. The van der Waals surface area contributed by atoms with Crippen molar-refractivity contribution in [2.45, 2.75) is 0 Å². The lowest BCUT2D eigenvalue weighted by Gasteiger charge is -2.06. The molecule has 100 valence electrons. The van der Waals surface area contributed by atoms with Crippen LogP contribution in [0.15, 0.2) is 23.1 Å². The first-order valence-corrected chi connectivity index (χ1v) is 5.66. The number of hydrogen-bond donors (Lipinski definition) is 1. The third kappa shape index (κ3) is 4.68. The molecule has 0 aliphatic rings. The van der Waals surface area contributed by atoms with E-state index in [1.807, 2.05) is 0 Å². The molecule has 1 N–H and O–H groups in total. The summed E-state index contributed by atoms with van der Waals surface area (Å²) in [5.41, 5.74) is 0.147. The maximum Gasteiger partial charge on any atom is 0.251 e. The summed E-state index contributed by atoms with van der Waals surface area (Å²) in [6.45, 7) is 1.85. The Morgan fingerprint density at radius 1 is 1.39 bits per heavy atom. The third-order valence-corrected chi connectivity index (χ3v) is 2.33. The minimum Gasteiger partial charge on any atom is -0.382 e. The van der Waals surface area contributed by atoms with Crippen LogP contribution >= 0.6 is 0 Å². The van der Waals surface area contributed by atoms with Gasteiger partial charge in [0.05, 0.1) is 19.8 Å². The number of rotatable bonds is 7. The van der Waals surface area contributed by atoms with Gasteiger partial charge in [-0.2, -0.15) is 0 Å². The first kappa shape index (κ1) is 14.4. The molecule has 1 amide bonds. The van der Waals surface area contributed by atoms with Gasteiger partial charge in [0.25, 0.3) is 11.5 Å². The van der Waals surface area contributed by atoms with Gasteiger partial charge in [-0.05, 0) is 6.07 Å². The second-order valence-corrected chi connectivity index (χ2v) is 3.73. The quantitative estimate of drug-likeness (QED) is 0.683. The lowest BCUT2D eigenvalue weighted by molar-refractivity contribution is 0.0692. The molecule has 1 heterocycles. The minimum absolute atomic E-state index is 0.209. The van der Waals surface area contributed by atoms with Gasteiger partial charge in [-0.3, -0.25) is 9.59 Å². The number of hydrogen-bond acceptors (Lipinski definition) is 4. The van der Waals surface area contributed by atoms with Gasteiger partial charge in [-0.1, -0.05) is 0 Å². The zero-order valence-corrected chi connectivity index (χ0v) is 10.6. The van der Waals surface area contributed by atoms with Crippen molar-refractivity contribution in [3.05, 3.63) is 34.2 Å². The van der Waals surface area contributed by atoms with Gasteiger partial charge in [0, 0.05) is 38.5 Å². The average Bonchev–Trinajstić information content (AvgIpc) is 2.36. The zero-order valence-electron chi connectivity index (χ0n) is 10.6. The fourth-order valence-electron chi connectivity index (χ4n) is 1.27. The lowest BCUT2D eigenvalue weighted by atomic mass is 10.2. The van der Waals surface area contributed by atoms with Gasteiger partial charge in [0.1, 0.15) is 0 Å². The topological polar surface area (TPSA) is 69.6 Å². The van der Waals surface area contributed by atoms with Gasteiger partial charge in [-0.15, -0.1) is 0 Å². The summed E-state index contributed by atoms with van der Waals surface area (Å²) in [6.07, 6.45) is 1.56. The second kappa shape index (κ2) is 7.62. The number of amides is 1. The van der Waals surface area contributed by atoms with Crippen molar-refractivity contribution in [2.75, 3.05) is 33.5 Å². The normalized spacial score (nSPS) is 10.3. The van der Waals surface area contributed by atoms with E-state index in [0.29, 0.717) is 31.9 Å². The highest BCUT2D eigenvalue weighted by molar-refractivity contribution is 5.93. The molecule has 0 saturated heterocycles. The minimum atomic E-state index is -0.275. The molecule has 0 aliphatic heterocycles. The van der Waals surface area contributed by atoms with Crippen LogP contribution in [0.4, 0.5) is 0 Å². The van der Waals surface area contributed by atoms with Crippen LogP contribution in [-0.2, 0) is 16.5 Å². The summed E-state index contributed by atoms with van der Waals surface area (Å²) in [7, 11) is 3.23. The molecule has 6 heteroatoms. The van der Waals surface area contributed by atoms with Crippen LogP contribution in [0.3, 0.4) is 0 Å². The average molecular weight is 254 g/mol. The number of pyridine rings is 1. The largest absolute Gasteiger partial charge is 0.382 e. The first-order valence-electron chi connectivity index (χ1n) is 5.66. The molecular weight excluding hydrogens is 236 g/mol. The number of aryl methyl sites for hydroxylation is 1. The van der Waals surface area contributed by atoms with Gasteiger partial charge in [-0.25, -0.2) is 0 Å². The van der Waals surface area contributed by atoms with Crippen LogP contribution < -0.4 is 10.9 Å². The molecular formula is C12H18N2O4. The Hall–Kier alpha value is -1.66. The van der Waals surface area contributed by atoms with Crippen LogP contribution in [0.2, 0.25) is 0 Å². The molecule has 1 aromatic rings. The SMILES string of the molecule is COCCOCCNC(=O)c1ccn(C)c(=O)c1. The van der Waals surface area contributed by atoms with E-state index in [1.54, 1.807) is 26.4 Å². The number of carbonyl (C=O) groups excluding carboxylic acids is 1. The maximum absolute atomic E-state index is 11.7. The zero-order chi connectivity index (χ0) is 13.4.